The van der Waals surface area contributed by atoms with Crippen molar-refractivity contribution in [1.82, 2.24) is 4.57 Å². The smallest absolute Gasteiger partial charge is 0.0735 e. The van der Waals surface area contributed by atoms with Gasteiger partial charge in [0, 0.05) is 18.8 Å². The number of aromatic nitrogens is 1. The molecular weight excluding hydrogens is 196 g/mol. The van der Waals surface area contributed by atoms with Crippen LogP contribution in [0.1, 0.15) is 25.3 Å². The fraction of sp³-hybridized carbons (Fsp3) is 0.357. The second-order valence-corrected chi connectivity index (χ2v) is 4.60. The number of hydrogen-bond donors (Lipinski definition) is 0. The molecule has 0 saturated carbocycles. The molecule has 2 aromatic rings. The fourth-order valence-corrected chi connectivity index (χ4v) is 2.10. The van der Waals surface area contributed by atoms with E-state index in [2.05, 4.69) is 48.7 Å². The molecule has 1 heterocycles. The molecular formula is C14H16N2. The van der Waals surface area contributed by atoms with Crippen LogP contribution in [0.2, 0.25) is 0 Å². The largest absolute Gasteiger partial charge is 0.351 e. The molecule has 0 radical (unpaired) electrons. The number of aryl methyl sites for hydroxylation is 1. The van der Waals surface area contributed by atoms with Gasteiger partial charge in [-0.3, -0.25) is 0 Å². The van der Waals surface area contributed by atoms with E-state index in [0.717, 1.165) is 5.56 Å². The van der Waals surface area contributed by atoms with Crippen molar-refractivity contribution in [3.8, 4) is 6.07 Å². The Morgan fingerprint density at radius 1 is 1.25 bits per heavy atom. The van der Waals surface area contributed by atoms with Crippen LogP contribution < -0.4 is 0 Å². The SMILES string of the molecule is CC(C)C(C#N)c1ccc2c(ccn2C)c1. The van der Waals surface area contributed by atoms with Crippen molar-refractivity contribution in [1.29, 1.82) is 5.26 Å². The van der Waals surface area contributed by atoms with Crippen LogP contribution >= 0.6 is 0 Å². The Morgan fingerprint density at radius 2 is 2.00 bits per heavy atom. The Morgan fingerprint density at radius 3 is 2.62 bits per heavy atom. The van der Waals surface area contributed by atoms with Crippen LogP contribution in [0.5, 0.6) is 0 Å². The summed E-state index contributed by atoms with van der Waals surface area (Å²) in [4.78, 5) is 0. The van der Waals surface area contributed by atoms with Gasteiger partial charge in [0.2, 0.25) is 0 Å². The lowest BCUT2D eigenvalue weighted by Gasteiger charge is -2.13. The molecule has 2 nitrogen and oxygen atoms in total. The number of nitriles is 1. The van der Waals surface area contributed by atoms with E-state index >= 15 is 0 Å². The van der Waals surface area contributed by atoms with Gasteiger partial charge in [-0.25, -0.2) is 0 Å². The lowest BCUT2D eigenvalue weighted by Crippen LogP contribution is -2.03. The van der Waals surface area contributed by atoms with E-state index in [-0.39, 0.29) is 5.92 Å². The molecule has 0 aliphatic rings. The summed E-state index contributed by atoms with van der Waals surface area (Å²) >= 11 is 0. The average Bonchev–Trinajstić information content (AvgIpc) is 2.61. The maximum absolute atomic E-state index is 9.17. The molecule has 1 aromatic carbocycles. The van der Waals surface area contributed by atoms with Crippen molar-refractivity contribution in [2.24, 2.45) is 13.0 Å². The third-order valence-electron chi connectivity index (χ3n) is 3.07. The van der Waals surface area contributed by atoms with Gasteiger partial charge in [-0.2, -0.15) is 5.26 Å². The maximum Gasteiger partial charge on any atom is 0.0735 e. The highest BCUT2D eigenvalue weighted by molar-refractivity contribution is 5.81. The van der Waals surface area contributed by atoms with Gasteiger partial charge < -0.3 is 4.57 Å². The van der Waals surface area contributed by atoms with Crippen LogP contribution in [0.3, 0.4) is 0 Å². The van der Waals surface area contributed by atoms with E-state index in [9.17, 15) is 5.26 Å². The quantitative estimate of drug-likeness (QED) is 0.749. The summed E-state index contributed by atoms with van der Waals surface area (Å²) in [6, 6.07) is 10.8. The predicted octanol–water partition coefficient (Wildman–Crippen LogP) is 3.44. The molecule has 0 fully saturated rings. The highest BCUT2D eigenvalue weighted by atomic mass is 14.9. The minimum absolute atomic E-state index is 0.00962. The summed E-state index contributed by atoms with van der Waals surface area (Å²) in [5, 5.41) is 10.4. The highest BCUT2D eigenvalue weighted by Gasteiger charge is 2.15. The van der Waals surface area contributed by atoms with Crippen molar-refractivity contribution >= 4 is 10.9 Å². The standard InChI is InChI=1S/C14H16N2/c1-10(2)13(9-15)11-4-5-14-12(8-11)6-7-16(14)3/h4-8,10,13H,1-3H3. The monoisotopic (exact) mass is 212 g/mol. The van der Waals surface area contributed by atoms with Gasteiger partial charge in [-0.05, 0) is 35.1 Å². The second kappa shape index (κ2) is 4.02. The molecule has 2 rings (SSSR count). The van der Waals surface area contributed by atoms with Crippen LogP contribution in [0.15, 0.2) is 30.5 Å². The first kappa shape index (κ1) is 10.8. The zero-order chi connectivity index (χ0) is 11.7. The molecule has 16 heavy (non-hydrogen) atoms. The fourth-order valence-electron chi connectivity index (χ4n) is 2.10. The summed E-state index contributed by atoms with van der Waals surface area (Å²) in [6.07, 6.45) is 2.05. The lowest BCUT2D eigenvalue weighted by atomic mass is 9.89. The molecule has 0 aliphatic carbocycles. The Kier molecular flexibility index (Phi) is 2.70. The van der Waals surface area contributed by atoms with E-state index in [1.807, 2.05) is 13.2 Å². The van der Waals surface area contributed by atoms with E-state index in [1.165, 1.54) is 10.9 Å². The number of benzene rings is 1. The molecule has 1 unspecified atom stereocenters. The van der Waals surface area contributed by atoms with E-state index in [4.69, 9.17) is 0 Å². The van der Waals surface area contributed by atoms with Crippen molar-refractivity contribution < 1.29 is 0 Å². The van der Waals surface area contributed by atoms with Gasteiger partial charge in [0.25, 0.3) is 0 Å². The zero-order valence-electron chi connectivity index (χ0n) is 9.94. The summed E-state index contributed by atoms with van der Waals surface area (Å²) in [6.45, 7) is 4.17. The van der Waals surface area contributed by atoms with Crippen LogP contribution in [-0.4, -0.2) is 4.57 Å². The number of hydrogen-bond acceptors (Lipinski definition) is 1. The first-order chi connectivity index (χ1) is 7.63. The minimum atomic E-state index is -0.00962. The van der Waals surface area contributed by atoms with Crippen LogP contribution in [0.25, 0.3) is 10.9 Å². The highest BCUT2D eigenvalue weighted by Crippen LogP contribution is 2.26. The molecule has 0 N–H and O–H groups in total. The molecule has 1 aromatic heterocycles. The van der Waals surface area contributed by atoms with Crippen molar-refractivity contribution in [2.45, 2.75) is 19.8 Å². The van der Waals surface area contributed by atoms with Gasteiger partial charge in [-0.1, -0.05) is 19.9 Å². The normalized spacial score (nSPS) is 12.9. The number of rotatable bonds is 2. The Hall–Kier alpha value is -1.75. The van der Waals surface area contributed by atoms with E-state index in [0.29, 0.717) is 5.92 Å². The maximum atomic E-state index is 9.17. The first-order valence-electron chi connectivity index (χ1n) is 5.58. The van der Waals surface area contributed by atoms with Gasteiger partial charge in [0.15, 0.2) is 0 Å². The summed E-state index contributed by atoms with van der Waals surface area (Å²) < 4.78 is 2.09. The minimum Gasteiger partial charge on any atom is -0.351 e. The summed E-state index contributed by atoms with van der Waals surface area (Å²) in [5.74, 6) is 0.343. The van der Waals surface area contributed by atoms with Crippen molar-refractivity contribution in [2.75, 3.05) is 0 Å². The Bertz CT molecular complexity index is 543. The van der Waals surface area contributed by atoms with Gasteiger partial charge >= 0.3 is 0 Å². The number of nitrogens with zero attached hydrogens (tertiary/aromatic N) is 2. The third kappa shape index (κ3) is 1.69. The van der Waals surface area contributed by atoms with Gasteiger partial charge in [0.1, 0.15) is 0 Å². The van der Waals surface area contributed by atoms with Crippen LogP contribution in [0, 0.1) is 17.2 Å². The predicted molar refractivity (Wildman–Crippen MR) is 66.1 cm³/mol. The van der Waals surface area contributed by atoms with Crippen LogP contribution in [0.4, 0.5) is 0 Å². The van der Waals surface area contributed by atoms with Crippen LogP contribution in [-0.2, 0) is 7.05 Å². The third-order valence-corrected chi connectivity index (χ3v) is 3.07. The molecule has 0 amide bonds. The van der Waals surface area contributed by atoms with Gasteiger partial charge in [0.05, 0.1) is 12.0 Å². The molecule has 0 saturated heterocycles. The van der Waals surface area contributed by atoms with Crippen molar-refractivity contribution in [3.05, 3.63) is 36.0 Å². The average molecular weight is 212 g/mol. The Balaban J connectivity index is 2.51. The molecule has 0 aliphatic heterocycles. The van der Waals surface area contributed by atoms with E-state index in [1.54, 1.807) is 0 Å². The second-order valence-electron chi connectivity index (χ2n) is 4.60. The van der Waals surface area contributed by atoms with Crippen molar-refractivity contribution in [3.63, 3.8) is 0 Å². The molecule has 1 atom stereocenters. The van der Waals surface area contributed by atoms with E-state index < -0.39 is 0 Å². The molecule has 2 heteroatoms. The zero-order valence-corrected chi connectivity index (χ0v) is 9.94. The number of fused-ring (bicyclic) bond motifs is 1. The Labute approximate surface area is 96.1 Å². The summed E-state index contributed by atoms with van der Waals surface area (Å²) in [5.41, 5.74) is 2.33. The lowest BCUT2D eigenvalue weighted by molar-refractivity contribution is 0.588. The first-order valence-corrected chi connectivity index (χ1v) is 5.58. The van der Waals surface area contributed by atoms with Gasteiger partial charge in [-0.15, -0.1) is 0 Å². The molecule has 82 valence electrons. The molecule has 0 bridgehead atoms. The topological polar surface area (TPSA) is 28.7 Å². The molecule has 0 spiro atoms. The summed E-state index contributed by atoms with van der Waals surface area (Å²) in [7, 11) is 2.03.